The number of nitrogens with two attached hydrogens (primary N) is 1. The van der Waals surface area contributed by atoms with E-state index in [4.69, 9.17) is 15.7 Å². The Bertz CT molecular complexity index is 506. The molecule has 0 saturated heterocycles. The van der Waals surface area contributed by atoms with E-state index < -0.39 is 41.2 Å². The largest absolute Gasteiger partial charge is 0.483 e. The summed E-state index contributed by atoms with van der Waals surface area (Å²) in [6.45, 7) is 1.20. The van der Waals surface area contributed by atoms with Crippen LogP contribution in [0.2, 0.25) is 0 Å². The first-order valence-corrected chi connectivity index (χ1v) is 5.38. The molecule has 0 radical (unpaired) electrons. The zero-order valence-electron chi connectivity index (χ0n) is 10.5. The molecule has 118 valence electrons. The van der Waals surface area contributed by atoms with Gasteiger partial charge in [-0.2, -0.15) is 26.3 Å². The average molecular weight is 316 g/mol. The molecule has 10 heteroatoms. The van der Waals surface area contributed by atoms with E-state index in [1.54, 1.807) is 0 Å². The highest BCUT2D eigenvalue weighted by atomic mass is 19.4. The molecule has 0 aliphatic carbocycles. The fourth-order valence-electron chi connectivity index (χ4n) is 1.34. The van der Waals surface area contributed by atoms with Gasteiger partial charge in [0, 0.05) is 0 Å². The van der Waals surface area contributed by atoms with Crippen molar-refractivity contribution in [2.24, 2.45) is 10.9 Å². The van der Waals surface area contributed by atoms with Crippen molar-refractivity contribution in [3.8, 4) is 5.75 Å². The number of oxime groups is 1. The highest BCUT2D eigenvalue weighted by Gasteiger charge is 2.37. The molecular formula is C11H10F6N2O2. The van der Waals surface area contributed by atoms with Gasteiger partial charge in [-0.15, -0.1) is 0 Å². The van der Waals surface area contributed by atoms with Crippen LogP contribution in [0.5, 0.6) is 5.75 Å². The lowest BCUT2D eigenvalue weighted by Gasteiger charge is -2.17. The Labute approximate surface area is 114 Å². The number of amidine groups is 1. The molecule has 4 nitrogen and oxygen atoms in total. The molecule has 0 aromatic heterocycles. The highest BCUT2D eigenvalue weighted by molar-refractivity contribution is 5.84. The number of halogens is 6. The third-order valence-corrected chi connectivity index (χ3v) is 2.41. The van der Waals surface area contributed by atoms with E-state index in [9.17, 15) is 26.3 Å². The molecule has 1 unspecified atom stereocenters. The van der Waals surface area contributed by atoms with Crippen LogP contribution in [0, 0.1) is 0 Å². The number of ether oxygens (including phenoxy) is 1. The summed E-state index contributed by atoms with van der Waals surface area (Å²) in [4.78, 5) is 0. The molecule has 0 heterocycles. The highest BCUT2D eigenvalue weighted by Crippen LogP contribution is 2.38. The lowest BCUT2D eigenvalue weighted by molar-refractivity contribution is -0.143. The topological polar surface area (TPSA) is 67.8 Å². The second-order valence-electron chi connectivity index (χ2n) is 4.03. The predicted molar refractivity (Wildman–Crippen MR) is 59.9 cm³/mol. The van der Waals surface area contributed by atoms with Crippen LogP contribution in [0.3, 0.4) is 0 Å². The molecule has 3 N–H and O–H groups in total. The van der Waals surface area contributed by atoms with Crippen molar-refractivity contribution >= 4 is 5.84 Å². The van der Waals surface area contributed by atoms with Crippen LogP contribution in [-0.2, 0) is 12.4 Å². The van der Waals surface area contributed by atoms with Crippen LogP contribution in [0.15, 0.2) is 23.4 Å². The molecule has 1 aromatic rings. The van der Waals surface area contributed by atoms with E-state index in [0.29, 0.717) is 12.1 Å². The number of rotatable bonds is 3. The van der Waals surface area contributed by atoms with Crippen molar-refractivity contribution in [1.82, 2.24) is 0 Å². The van der Waals surface area contributed by atoms with Crippen LogP contribution in [0.4, 0.5) is 26.3 Å². The summed E-state index contributed by atoms with van der Waals surface area (Å²) < 4.78 is 80.3. The number of benzene rings is 1. The molecule has 0 saturated carbocycles. The van der Waals surface area contributed by atoms with Gasteiger partial charge < -0.3 is 15.7 Å². The minimum atomic E-state index is -4.97. The molecule has 1 rings (SSSR count). The van der Waals surface area contributed by atoms with E-state index in [1.807, 2.05) is 0 Å². The summed E-state index contributed by atoms with van der Waals surface area (Å²) in [5.74, 6) is -1.20. The second kappa shape index (κ2) is 5.70. The van der Waals surface area contributed by atoms with Crippen LogP contribution in [0.25, 0.3) is 0 Å². The molecule has 21 heavy (non-hydrogen) atoms. The van der Waals surface area contributed by atoms with Crippen LogP contribution < -0.4 is 10.5 Å². The van der Waals surface area contributed by atoms with Crippen LogP contribution in [-0.4, -0.2) is 17.1 Å². The molecule has 0 amide bonds. The summed E-state index contributed by atoms with van der Waals surface area (Å²) >= 11 is 0. The van der Waals surface area contributed by atoms with Crippen molar-refractivity contribution in [3.05, 3.63) is 29.3 Å². The van der Waals surface area contributed by atoms with E-state index in [-0.39, 0.29) is 6.07 Å². The molecule has 1 aromatic carbocycles. The second-order valence-corrected chi connectivity index (χ2v) is 4.03. The number of nitrogens with zero attached hydrogens (tertiary/aromatic N) is 1. The quantitative estimate of drug-likeness (QED) is 0.296. The first kappa shape index (κ1) is 16.9. The summed E-state index contributed by atoms with van der Waals surface area (Å²) in [7, 11) is 0. The lowest BCUT2D eigenvalue weighted by atomic mass is 10.1. The predicted octanol–water partition coefficient (Wildman–Crippen LogP) is 3.24. The molecule has 1 atom stereocenters. The molecule has 0 spiro atoms. The summed E-state index contributed by atoms with van der Waals surface area (Å²) in [6.07, 6.45) is -11.2. The van der Waals surface area contributed by atoms with Gasteiger partial charge in [-0.05, 0) is 25.1 Å². The molecular weight excluding hydrogens is 306 g/mol. The average Bonchev–Trinajstić information content (AvgIpc) is 2.35. The van der Waals surface area contributed by atoms with Gasteiger partial charge in [0.05, 0.1) is 11.1 Å². The summed E-state index contributed by atoms with van der Waals surface area (Å²) in [6, 6.07) is 0.772. The maximum atomic E-state index is 12.6. The summed E-state index contributed by atoms with van der Waals surface area (Å²) in [5, 5.41) is 10.9. The number of hydrogen-bond acceptors (Lipinski definition) is 3. The zero-order valence-corrected chi connectivity index (χ0v) is 10.5. The maximum Gasteiger partial charge on any atom is 0.416 e. The van der Waals surface area contributed by atoms with Crippen LogP contribution >= 0.6 is 0 Å². The molecule has 0 fully saturated rings. The summed E-state index contributed by atoms with van der Waals surface area (Å²) in [5.41, 5.74) is 2.11. The van der Waals surface area contributed by atoms with E-state index in [1.165, 1.54) is 6.92 Å². The number of alkyl halides is 6. The Morgan fingerprint density at radius 3 is 1.86 bits per heavy atom. The first-order chi connectivity index (χ1) is 9.45. The van der Waals surface area contributed by atoms with E-state index in [2.05, 4.69) is 5.16 Å². The third-order valence-electron chi connectivity index (χ3n) is 2.41. The number of hydrogen-bond donors (Lipinski definition) is 2. The Morgan fingerprint density at radius 1 is 1.10 bits per heavy atom. The Morgan fingerprint density at radius 2 is 1.52 bits per heavy atom. The van der Waals surface area contributed by atoms with Gasteiger partial charge in [0.2, 0.25) is 0 Å². The zero-order chi connectivity index (χ0) is 16.4. The van der Waals surface area contributed by atoms with Crippen molar-refractivity contribution < 1.29 is 36.3 Å². The van der Waals surface area contributed by atoms with E-state index in [0.717, 1.165) is 0 Å². The van der Waals surface area contributed by atoms with Crippen LogP contribution in [0.1, 0.15) is 18.1 Å². The van der Waals surface area contributed by atoms with Gasteiger partial charge in [0.25, 0.3) is 0 Å². The van der Waals surface area contributed by atoms with E-state index >= 15 is 0 Å². The van der Waals surface area contributed by atoms with Gasteiger partial charge in [-0.1, -0.05) is 5.16 Å². The Balaban J connectivity index is 3.26. The molecule has 0 aliphatic heterocycles. The third kappa shape index (κ3) is 4.43. The maximum absolute atomic E-state index is 12.6. The Kier molecular flexibility index (Phi) is 4.59. The van der Waals surface area contributed by atoms with Gasteiger partial charge >= 0.3 is 12.4 Å². The first-order valence-electron chi connectivity index (χ1n) is 5.38. The lowest BCUT2D eigenvalue weighted by Crippen LogP contribution is -2.31. The normalized spacial score (nSPS) is 14.9. The minimum absolute atomic E-state index is 0.0268. The fraction of sp³-hybridized carbons (Fsp3) is 0.364. The minimum Gasteiger partial charge on any atom is -0.483 e. The van der Waals surface area contributed by atoms with Gasteiger partial charge in [0.15, 0.2) is 11.9 Å². The fourth-order valence-corrected chi connectivity index (χ4v) is 1.34. The van der Waals surface area contributed by atoms with Crippen molar-refractivity contribution in [2.75, 3.05) is 0 Å². The van der Waals surface area contributed by atoms with Crippen molar-refractivity contribution in [1.29, 1.82) is 0 Å². The van der Waals surface area contributed by atoms with Crippen molar-refractivity contribution in [3.63, 3.8) is 0 Å². The Hall–Kier alpha value is -2.13. The SMILES string of the molecule is CC(Oc1cc(C(F)(F)F)cc(C(F)(F)F)c1)C(N)=NO. The standard InChI is InChI=1S/C11H10F6N2O2/c1-5(9(18)19-20)21-8-3-6(10(12,13)14)2-7(4-8)11(15,16)17/h2-5,20H,1H3,(H2,18,19). The monoisotopic (exact) mass is 316 g/mol. The van der Waals surface area contributed by atoms with Crippen molar-refractivity contribution in [2.45, 2.75) is 25.4 Å². The molecule has 0 aliphatic rings. The van der Waals surface area contributed by atoms with Gasteiger partial charge in [-0.3, -0.25) is 0 Å². The smallest absolute Gasteiger partial charge is 0.416 e. The molecule has 0 bridgehead atoms. The van der Waals surface area contributed by atoms with Gasteiger partial charge in [0.1, 0.15) is 5.75 Å². The van der Waals surface area contributed by atoms with Gasteiger partial charge in [-0.25, -0.2) is 0 Å².